The average Bonchev–Trinajstić information content (AvgIpc) is 2.38. The van der Waals surface area contributed by atoms with Crippen molar-refractivity contribution in [1.29, 1.82) is 0 Å². The zero-order chi connectivity index (χ0) is 14.5. The number of aryl methyl sites for hydroxylation is 2. The molecule has 0 saturated heterocycles. The van der Waals surface area contributed by atoms with Gasteiger partial charge in [-0.2, -0.15) is 0 Å². The van der Waals surface area contributed by atoms with Gasteiger partial charge in [0.2, 0.25) is 0 Å². The predicted molar refractivity (Wildman–Crippen MR) is 87.2 cm³/mol. The fourth-order valence-corrected chi connectivity index (χ4v) is 3.27. The Morgan fingerprint density at radius 1 is 1.15 bits per heavy atom. The number of nitrogens with zero attached hydrogens (tertiary/aromatic N) is 2. The van der Waals surface area contributed by atoms with Crippen molar-refractivity contribution in [2.45, 2.75) is 37.4 Å². The Labute approximate surface area is 132 Å². The van der Waals surface area contributed by atoms with E-state index < -0.39 is 0 Å². The Morgan fingerprint density at radius 3 is 2.50 bits per heavy atom. The summed E-state index contributed by atoms with van der Waals surface area (Å²) in [6, 6.07) is 8.31. The Bertz CT molecular complexity index is 581. The van der Waals surface area contributed by atoms with Crippen molar-refractivity contribution in [2.75, 3.05) is 6.54 Å². The van der Waals surface area contributed by atoms with Crippen molar-refractivity contribution in [3.8, 4) is 0 Å². The van der Waals surface area contributed by atoms with Crippen LogP contribution in [0.15, 0.2) is 38.8 Å². The Balaban J connectivity index is 2.27. The molecule has 1 heterocycles. The highest BCUT2D eigenvalue weighted by molar-refractivity contribution is 9.10. The van der Waals surface area contributed by atoms with Crippen LogP contribution in [0.2, 0.25) is 0 Å². The molecule has 1 aromatic heterocycles. The number of rotatable bonds is 5. The smallest absolute Gasteiger partial charge is 0.192 e. The Hall–Kier alpha value is -0.910. The van der Waals surface area contributed by atoms with Gasteiger partial charge in [0, 0.05) is 27.3 Å². The maximum Gasteiger partial charge on any atom is 0.192 e. The minimum atomic E-state index is 0.808. The molecule has 5 heteroatoms. The fourth-order valence-electron chi connectivity index (χ4n) is 1.88. The summed E-state index contributed by atoms with van der Waals surface area (Å²) in [5.41, 5.74) is 3.27. The minimum absolute atomic E-state index is 0.808. The van der Waals surface area contributed by atoms with Crippen LogP contribution in [0.5, 0.6) is 0 Å². The normalized spacial score (nSPS) is 10.8. The SMILES string of the molecule is CCNCc1cc(Br)ccc1Sc1nc(C)cc(C)n1. The monoisotopic (exact) mass is 351 g/mol. The number of nitrogens with one attached hydrogen (secondary N) is 1. The molecule has 0 aliphatic heterocycles. The zero-order valence-electron chi connectivity index (χ0n) is 11.9. The summed E-state index contributed by atoms with van der Waals surface area (Å²) in [5, 5.41) is 4.17. The number of benzene rings is 1. The van der Waals surface area contributed by atoms with Crippen molar-refractivity contribution in [3.05, 3.63) is 45.7 Å². The van der Waals surface area contributed by atoms with E-state index in [4.69, 9.17) is 0 Å². The van der Waals surface area contributed by atoms with E-state index in [1.165, 1.54) is 10.5 Å². The van der Waals surface area contributed by atoms with Crippen LogP contribution in [-0.4, -0.2) is 16.5 Å². The molecule has 1 N–H and O–H groups in total. The van der Waals surface area contributed by atoms with Gasteiger partial charge in [0.15, 0.2) is 5.16 Å². The molecule has 0 spiro atoms. The summed E-state index contributed by atoms with van der Waals surface area (Å²) in [6.07, 6.45) is 0. The second kappa shape index (κ2) is 7.20. The van der Waals surface area contributed by atoms with Crippen molar-refractivity contribution >= 4 is 27.7 Å². The first-order valence-corrected chi connectivity index (χ1v) is 8.18. The van der Waals surface area contributed by atoms with Crippen molar-refractivity contribution in [3.63, 3.8) is 0 Å². The van der Waals surface area contributed by atoms with Crippen LogP contribution >= 0.6 is 27.7 Å². The lowest BCUT2D eigenvalue weighted by Crippen LogP contribution is -2.12. The van der Waals surface area contributed by atoms with E-state index in [0.29, 0.717) is 0 Å². The summed E-state index contributed by atoms with van der Waals surface area (Å²) < 4.78 is 1.09. The molecule has 0 aliphatic carbocycles. The van der Waals surface area contributed by atoms with E-state index in [9.17, 15) is 0 Å². The Morgan fingerprint density at radius 2 is 1.85 bits per heavy atom. The molecule has 0 amide bonds. The molecule has 20 heavy (non-hydrogen) atoms. The van der Waals surface area contributed by atoms with E-state index >= 15 is 0 Å². The third kappa shape index (κ3) is 4.30. The van der Waals surface area contributed by atoms with Crippen molar-refractivity contribution in [1.82, 2.24) is 15.3 Å². The highest BCUT2D eigenvalue weighted by atomic mass is 79.9. The molecule has 106 valence electrons. The van der Waals surface area contributed by atoms with Crippen LogP contribution < -0.4 is 5.32 Å². The maximum absolute atomic E-state index is 4.49. The van der Waals surface area contributed by atoms with E-state index in [1.807, 2.05) is 19.9 Å². The van der Waals surface area contributed by atoms with Gasteiger partial charge in [0.25, 0.3) is 0 Å². The van der Waals surface area contributed by atoms with Gasteiger partial charge in [0.1, 0.15) is 0 Å². The van der Waals surface area contributed by atoms with Gasteiger partial charge in [-0.25, -0.2) is 9.97 Å². The molecule has 0 aliphatic rings. The molecular weight excluding hydrogens is 334 g/mol. The second-order valence-electron chi connectivity index (χ2n) is 4.57. The average molecular weight is 352 g/mol. The van der Waals surface area contributed by atoms with E-state index in [-0.39, 0.29) is 0 Å². The first-order chi connectivity index (χ1) is 9.58. The van der Waals surface area contributed by atoms with E-state index in [0.717, 1.165) is 34.1 Å². The Kier molecular flexibility index (Phi) is 5.57. The lowest BCUT2D eigenvalue weighted by molar-refractivity contribution is 0.717. The van der Waals surface area contributed by atoms with Crippen LogP contribution in [-0.2, 0) is 6.54 Å². The van der Waals surface area contributed by atoms with Gasteiger partial charge in [-0.15, -0.1) is 0 Å². The van der Waals surface area contributed by atoms with Crippen molar-refractivity contribution < 1.29 is 0 Å². The zero-order valence-corrected chi connectivity index (χ0v) is 14.3. The number of halogens is 1. The van der Waals surface area contributed by atoms with Crippen molar-refractivity contribution in [2.24, 2.45) is 0 Å². The number of aromatic nitrogens is 2. The van der Waals surface area contributed by atoms with Gasteiger partial charge in [-0.05, 0) is 62.0 Å². The molecule has 2 aromatic rings. The minimum Gasteiger partial charge on any atom is -0.313 e. The third-order valence-electron chi connectivity index (χ3n) is 2.75. The lowest BCUT2D eigenvalue weighted by atomic mass is 10.2. The third-order valence-corrected chi connectivity index (χ3v) is 4.23. The first-order valence-electron chi connectivity index (χ1n) is 6.57. The molecular formula is C15H18BrN3S. The molecule has 0 bridgehead atoms. The lowest BCUT2D eigenvalue weighted by Gasteiger charge is -2.10. The summed E-state index contributed by atoms with van der Waals surface area (Å²) >= 11 is 5.15. The molecule has 3 nitrogen and oxygen atoms in total. The second-order valence-corrected chi connectivity index (χ2v) is 6.49. The van der Waals surface area contributed by atoms with Gasteiger partial charge in [0.05, 0.1) is 0 Å². The van der Waals surface area contributed by atoms with Crippen LogP contribution in [0.25, 0.3) is 0 Å². The van der Waals surface area contributed by atoms with Gasteiger partial charge in [-0.1, -0.05) is 22.9 Å². The molecule has 1 aromatic carbocycles. The quantitative estimate of drug-likeness (QED) is 0.822. The summed E-state index contributed by atoms with van der Waals surface area (Å²) in [4.78, 5) is 10.2. The molecule has 0 radical (unpaired) electrons. The van der Waals surface area contributed by atoms with E-state index in [2.05, 4.69) is 56.3 Å². The highest BCUT2D eigenvalue weighted by Crippen LogP contribution is 2.30. The van der Waals surface area contributed by atoms with Crippen LogP contribution in [0.3, 0.4) is 0 Å². The summed E-state index contributed by atoms with van der Waals surface area (Å²) in [6.45, 7) is 7.91. The molecule has 0 fully saturated rings. The number of hydrogen-bond acceptors (Lipinski definition) is 4. The summed E-state index contributed by atoms with van der Waals surface area (Å²) in [7, 11) is 0. The molecule has 2 rings (SSSR count). The molecule has 0 saturated carbocycles. The van der Waals surface area contributed by atoms with Crippen LogP contribution in [0.4, 0.5) is 0 Å². The van der Waals surface area contributed by atoms with Gasteiger partial charge >= 0.3 is 0 Å². The fraction of sp³-hybridized carbons (Fsp3) is 0.333. The molecule has 0 unspecified atom stereocenters. The standard InChI is InChI=1S/C15H18BrN3S/c1-4-17-9-12-8-13(16)5-6-14(12)20-15-18-10(2)7-11(3)19-15/h5-8,17H,4,9H2,1-3H3. The molecule has 0 atom stereocenters. The topological polar surface area (TPSA) is 37.8 Å². The predicted octanol–water partition coefficient (Wildman–Crippen LogP) is 4.12. The van der Waals surface area contributed by atoms with Crippen LogP contribution in [0, 0.1) is 13.8 Å². The highest BCUT2D eigenvalue weighted by Gasteiger charge is 2.08. The van der Waals surface area contributed by atoms with Crippen LogP contribution in [0.1, 0.15) is 23.9 Å². The van der Waals surface area contributed by atoms with E-state index in [1.54, 1.807) is 11.8 Å². The maximum atomic E-state index is 4.49. The first kappa shape index (κ1) is 15.5. The van der Waals surface area contributed by atoms with Gasteiger partial charge < -0.3 is 5.32 Å². The number of hydrogen-bond donors (Lipinski definition) is 1. The summed E-state index contributed by atoms with van der Waals surface area (Å²) in [5.74, 6) is 0. The van der Waals surface area contributed by atoms with Gasteiger partial charge in [-0.3, -0.25) is 0 Å². The largest absolute Gasteiger partial charge is 0.313 e.